The van der Waals surface area contributed by atoms with Crippen LogP contribution < -0.4 is 5.32 Å². The molecule has 0 aliphatic carbocycles. The highest BCUT2D eigenvalue weighted by Gasteiger charge is 2.44. The Morgan fingerprint density at radius 1 is 1.52 bits per heavy atom. The van der Waals surface area contributed by atoms with Gasteiger partial charge < -0.3 is 19.7 Å². The van der Waals surface area contributed by atoms with Crippen LogP contribution in [0.4, 0.5) is 5.82 Å². The first-order chi connectivity index (χ1) is 11.1. The number of hydrogen-bond acceptors (Lipinski definition) is 6. The maximum Gasteiger partial charge on any atom is 0.248 e. The molecule has 1 N–H and O–H groups in total. The summed E-state index contributed by atoms with van der Waals surface area (Å²) in [5.41, 5.74) is 0.659. The lowest BCUT2D eigenvalue weighted by Gasteiger charge is -2.39. The fraction of sp³-hybridized carbons (Fsp3) is 0.688. The summed E-state index contributed by atoms with van der Waals surface area (Å²) in [5, 5.41) is 11.6. The van der Waals surface area contributed by atoms with Crippen LogP contribution in [0.25, 0.3) is 0 Å². The van der Waals surface area contributed by atoms with Gasteiger partial charge in [-0.25, -0.2) is 0 Å². The second kappa shape index (κ2) is 6.80. The molecule has 0 bridgehead atoms. The highest BCUT2D eigenvalue weighted by atomic mass is 16.5. The van der Waals surface area contributed by atoms with Gasteiger partial charge in [-0.2, -0.15) is 5.10 Å². The van der Waals surface area contributed by atoms with Crippen molar-refractivity contribution < 1.29 is 14.3 Å². The van der Waals surface area contributed by atoms with Crippen LogP contribution in [0.3, 0.4) is 0 Å². The van der Waals surface area contributed by atoms with Crippen molar-refractivity contribution >= 4 is 11.7 Å². The fourth-order valence-corrected chi connectivity index (χ4v) is 3.43. The van der Waals surface area contributed by atoms with E-state index in [-0.39, 0.29) is 24.2 Å². The van der Waals surface area contributed by atoms with Gasteiger partial charge in [-0.15, -0.1) is 5.10 Å². The number of nitrogens with one attached hydrogen (secondary N) is 1. The number of piperidine rings is 1. The van der Waals surface area contributed by atoms with Crippen molar-refractivity contribution in [2.24, 2.45) is 0 Å². The Hall–Kier alpha value is -1.73. The number of carbonyl (C=O) groups is 1. The van der Waals surface area contributed by atoms with Crippen molar-refractivity contribution in [2.75, 3.05) is 38.7 Å². The number of aromatic nitrogens is 2. The van der Waals surface area contributed by atoms with Crippen molar-refractivity contribution in [1.29, 1.82) is 0 Å². The Bertz CT molecular complexity index is 551. The van der Waals surface area contributed by atoms with Gasteiger partial charge in [0.25, 0.3) is 0 Å². The fourth-order valence-electron chi connectivity index (χ4n) is 3.43. The summed E-state index contributed by atoms with van der Waals surface area (Å²) < 4.78 is 11.1. The molecule has 3 heterocycles. The zero-order valence-electron chi connectivity index (χ0n) is 13.7. The lowest BCUT2D eigenvalue weighted by molar-refractivity contribution is -0.143. The molecule has 2 saturated heterocycles. The molecule has 7 heteroatoms. The number of ether oxygens (including phenoxy) is 2. The summed E-state index contributed by atoms with van der Waals surface area (Å²) in [4.78, 5) is 13.9. The number of amides is 1. The van der Waals surface area contributed by atoms with Gasteiger partial charge in [-0.3, -0.25) is 4.79 Å². The smallest absolute Gasteiger partial charge is 0.248 e. The lowest BCUT2D eigenvalue weighted by atomic mass is 9.88. The number of aryl methyl sites for hydroxylation is 1. The van der Waals surface area contributed by atoms with Crippen molar-refractivity contribution in [3.63, 3.8) is 0 Å². The average Bonchev–Trinajstić information content (AvgIpc) is 2.92. The van der Waals surface area contributed by atoms with Crippen LogP contribution in [0.2, 0.25) is 0 Å². The van der Waals surface area contributed by atoms with E-state index in [1.807, 2.05) is 24.0 Å². The number of carbonyl (C=O) groups excluding carboxylic acids is 1. The molecular weight excluding hydrogens is 296 g/mol. The molecule has 1 aromatic heterocycles. The summed E-state index contributed by atoms with van der Waals surface area (Å²) in [6, 6.07) is 4.07. The molecule has 2 fully saturated rings. The summed E-state index contributed by atoms with van der Waals surface area (Å²) in [5.74, 6) is 0.806. The lowest BCUT2D eigenvalue weighted by Crippen LogP contribution is -2.51. The van der Waals surface area contributed by atoms with E-state index < -0.39 is 0 Å². The molecule has 2 unspecified atom stereocenters. The van der Waals surface area contributed by atoms with Gasteiger partial charge in [0.05, 0.1) is 23.9 Å². The number of methoxy groups -OCH3 is 1. The van der Waals surface area contributed by atoms with Crippen LogP contribution in [0.15, 0.2) is 12.1 Å². The van der Waals surface area contributed by atoms with Crippen LogP contribution in [0.1, 0.15) is 25.0 Å². The maximum atomic E-state index is 12.1. The highest BCUT2D eigenvalue weighted by molar-refractivity contribution is 5.77. The number of likely N-dealkylation sites (tertiary alicyclic amines) is 1. The van der Waals surface area contributed by atoms with Gasteiger partial charge in [-0.05, 0) is 31.9 Å². The Morgan fingerprint density at radius 3 is 3.13 bits per heavy atom. The molecule has 0 saturated carbocycles. The SMILES string of the molecule is COCC(=O)N1CCCC2(CC(Nc3ccc(C)nn3)CO2)C1. The molecule has 0 radical (unpaired) electrons. The topological polar surface area (TPSA) is 76.6 Å². The molecule has 3 rings (SSSR count). The molecular formula is C16H24N4O3. The molecule has 23 heavy (non-hydrogen) atoms. The minimum absolute atomic E-state index is 0.0379. The monoisotopic (exact) mass is 320 g/mol. The standard InChI is InChI=1S/C16H24N4O3/c1-12-4-5-14(19-18-12)17-13-8-16(23-9-13)6-3-7-20(11-16)15(21)10-22-2/h4-5,13H,3,6-11H2,1-2H3,(H,17,19). The van der Waals surface area contributed by atoms with Gasteiger partial charge in [0, 0.05) is 26.6 Å². The molecule has 2 atom stereocenters. The maximum absolute atomic E-state index is 12.1. The van der Waals surface area contributed by atoms with Crippen molar-refractivity contribution in [1.82, 2.24) is 15.1 Å². The van der Waals surface area contributed by atoms with Crippen LogP contribution >= 0.6 is 0 Å². The van der Waals surface area contributed by atoms with Crippen LogP contribution in [-0.2, 0) is 14.3 Å². The van der Waals surface area contributed by atoms with E-state index >= 15 is 0 Å². The van der Waals surface area contributed by atoms with Crippen LogP contribution in [0.5, 0.6) is 0 Å². The first-order valence-corrected chi connectivity index (χ1v) is 8.08. The third kappa shape index (κ3) is 3.79. The molecule has 2 aliphatic heterocycles. The van der Waals surface area contributed by atoms with Gasteiger partial charge in [-0.1, -0.05) is 0 Å². The summed E-state index contributed by atoms with van der Waals surface area (Å²) >= 11 is 0. The second-order valence-electron chi connectivity index (χ2n) is 6.45. The minimum atomic E-state index is -0.239. The van der Waals surface area contributed by atoms with Gasteiger partial charge in [0.2, 0.25) is 5.91 Å². The first kappa shape index (κ1) is 16.1. The Morgan fingerprint density at radius 2 is 2.39 bits per heavy atom. The average molecular weight is 320 g/mol. The van der Waals surface area contributed by atoms with Crippen LogP contribution in [-0.4, -0.2) is 66.1 Å². The van der Waals surface area contributed by atoms with E-state index in [0.717, 1.165) is 37.3 Å². The molecule has 7 nitrogen and oxygen atoms in total. The first-order valence-electron chi connectivity index (χ1n) is 8.08. The molecule has 2 aliphatic rings. The predicted molar refractivity (Wildman–Crippen MR) is 85.2 cm³/mol. The van der Waals surface area contributed by atoms with Crippen molar-refractivity contribution in [2.45, 2.75) is 37.8 Å². The predicted octanol–water partition coefficient (Wildman–Crippen LogP) is 0.993. The van der Waals surface area contributed by atoms with E-state index in [9.17, 15) is 4.79 Å². The molecule has 1 aromatic rings. The number of nitrogens with zero attached hydrogens (tertiary/aromatic N) is 3. The van der Waals surface area contributed by atoms with Gasteiger partial charge in [0.1, 0.15) is 12.4 Å². The largest absolute Gasteiger partial charge is 0.375 e. The second-order valence-corrected chi connectivity index (χ2v) is 6.45. The third-order valence-corrected chi connectivity index (χ3v) is 4.52. The highest BCUT2D eigenvalue weighted by Crippen LogP contribution is 2.35. The molecule has 1 amide bonds. The summed E-state index contributed by atoms with van der Waals surface area (Å²) in [6.45, 7) is 4.11. The van der Waals surface area contributed by atoms with Gasteiger partial charge in [0.15, 0.2) is 0 Å². The molecule has 126 valence electrons. The molecule has 1 spiro atoms. The Kier molecular flexibility index (Phi) is 4.77. The van der Waals surface area contributed by atoms with Gasteiger partial charge >= 0.3 is 0 Å². The number of rotatable bonds is 4. The molecule has 0 aromatic carbocycles. The zero-order valence-corrected chi connectivity index (χ0v) is 13.7. The van der Waals surface area contributed by atoms with E-state index in [4.69, 9.17) is 9.47 Å². The normalized spacial score (nSPS) is 27.4. The van der Waals surface area contributed by atoms with E-state index in [1.54, 1.807) is 7.11 Å². The zero-order chi connectivity index (χ0) is 16.3. The van der Waals surface area contributed by atoms with E-state index in [1.165, 1.54) is 0 Å². The number of anilines is 1. The van der Waals surface area contributed by atoms with Crippen molar-refractivity contribution in [3.8, 4) is 0 Å². The summed E-state index contributed by atoms with van der Waals surface area (Å²) in [7, 11) is 1.55. The van der Waals surface area contributed by atoms with Crippen LogP contribution in [0, 0.1) is 6.92 Å². The Balaban J connectivity index is 1.59. The minimum Gasteiger partial charge on any atom is -0.375 e. The van der Waals surface area contributed by atoms with Crippen molar-refractivity contribution in [3.05, 3.63) is 17.8 Å². The number of hydrogen-bond donors (Lipinski definition) is 1. The Labute approximate surface area is 136 Å². The van der Waals surface area contributed by atoms with E-state index in [0.29, 0.717) is 13.2 Å². The third-order valence-electron chi connectivity index (χ3n) is 4.52. The van der Waals surface area contributed by atoms with E-state index in [2.05, 4.69) is 15.5 Å². The quantitative estimate of drug-likeness (QED) is 0.892. The summed E-state index contributed by atoms with van der Waals surface area (Å²) in [6.07, 6.45) is 2.83.